The van der Waals surface area contributed by atoms with Crippen molar-refractivity contribution in [1.29, 1.82) is 0 Å². The summed E-state index contributed by atoms with van der Waals surface area (Å²) >= 11 is 2.26. The number of carbonyl (C=O) groups excluding carboxylic acids is 1. The van der Waals surface area contributed by atoms with Crippen molar-refractivity contribution in [3.05, 3.63) is 47.7 Å². The maximum atomic E-state index is 12.4. The summed E-state index contributed by atoms with van der Waals surface area (Å²) in [4.78, 5) is 12.4. The lowest BCUT2D eigenvalue weighted by molar-refractivity contribution is -1.13. The van der Waals surface area contributed by atoms with Crippen LogP contribution in [0.5, 0.6) is 5.88 Å². The van der Waals surface area contributed by atoms with Crippen molar-refractivity contribution in [3.63, 3.8) is 0 Å². The van der Waals surface area contributed by atoms with Gasteiger partial charge in [0.2, 0.25) is 0 Å². The maximum Gasteiger partial charge on any atom is 0.371 e. The minimum Gasteiger partial charge on any atom is -0.475 e. The lowest BCUT2D eigenvalue weighted by atomic mass is 10.0. The first-order valence-corrected chi connectivity index (χ1v) is 14.9. The molecule has 0 bridgehead atoms. The Kier molecular flexibility index (Phi) is 12.2. The zero-order chi connectivity index (χ0) is 25.6. The van der Waals surface area contributed by atoms with E-state index in [1.165, 1.54) is 24.8 Å². The highest BCUT2D eigenvalue weighted by molar-refractivity contribution is 8.13. The summed E-state index contributed by atoms with van der Waals surface area (Å²) < 4.78 is 20.3. The first kappa shape index (κ1) is 28.6. The zero-order valence-electron chi connectivity index (χ0n) is 21.6. The van der Waals surface area contributed by atoms with E-state index < -0.39 is 6.23 Å². The topological polar surface area (TPSA) is 81.5 Å². The van der Waals surface area contributed by atoms with Gasteiger partial charge in [-0.15, -0.1) is 9.02 Å². The Morgan fingerprint density at radius 3 is 2.72 bits per heavy atom. The van der Waals surface area contributed by atoms with Gasteiger partial charge in [0, 0.05) is 24.2 Å². The van der Waals surface area contributed by atoms with E-state index in [9.17, 15) is 10.0 Å². The highest BCUT2D eigenvalue weighted by atomic mass is 32.2. The van der Waals surface area contributed by atoms with Gasteiger partial charge in [-0.3, -0.25) is 0 Å². The van der Waals surface area contributed by atoms with Gasteiger partial charge in [-0.1, -0.05) is 75.9 Å². The summed E-state index contributed by atoms with van der Waals surface area (Å²) in [7, 11) is 0. The van der Waals surface area contributed by atoms with Crippen molar-refractivity contribution in [3.8, 4) is 5.88 Å². The smallest absolute Gasteiger partial charge is 0.371 e. The van der Waals surface area contributed by atoms with Gasteiger partial charge in [0.1, 0.15) is 18.8 Å². The first-order valence-electron chi connectivity index (χ1n) is 13.2. The van der Waals surface area contributed by atoms with Crippen LogP contribution in [0.2, 0.25) is 0 Å². The number of rotatable bonds is 15. The number of thioether (sulfide) groups is 1. The van der Waals surface area contributed by atoms with Crippen LogP contribution in [-0.2, 0) is 11.2 Å². The number of carbonyl (C=O) groups is 1. The molecule has 0 spiro atoms. The Labute approximate surface area is 223 Å². The normalized spacial score (nSPS) is 18.5. The molecular formula is C27H40N3O4S2+. The molecule has 2 aromatic rings. The molecule has 0 saturated carbocycles. The molecule has 1 aromatic heterocycles. The molecule has 7 nitrogen and oxygen atoms in total. The molecule has 2 unspecified atom stereocenters. The predicted octanol–water partition coefficient (Wildman–Crippen LogP) is 7.12. The second-order valence-corrected chi connectivity index (χ2v) is 10.9. The van der Waals surface area contributed by atoms with E-state index in [1.54, 1.807) is 0 Å². The lowest BCUT2D eigenvalue weighted by Crippen LogP contribution is -2.57. The van der Waals surface area contributed by atoms with E-state index in [-0.39, 0.29) is 9.95 Å². The van der Waals surface area contributed by atoms with Crippen LogP contribution in [-0.4, -0.2) is 55.6 Å². The summed E-state index contributed by atoms with van der Waals surface area (Å²) in [5.41, 5.74) is 2.83. The summed E-state index contributed by atoms with van der Waals surface area (Å²) in [6, 6.07) is 10.3. The molecule has 2 heterocycles. The van der Waals surface area contributed by atoms with Crippen LogP contribution in [0.15, 0.2) is 36.4 Å². The third-order valence-corrected chi connectivity index (χ3v) is 7.52. The zero-order valence-corrected chi connectivity index (χ0v) is 23.2. The van der Waals surface area contributed by atoms with Crippen LogP contribution in [0.25, 0.3) is 5.57 Å². The Hall–Kier alpha value is -1.94. The summed E-state index contributed by atoms with van der Waals surface area (Å²) in [5.74, 6) is 1.17. The number of aryl methyl sites for hydroxylation is 1. The summed E-state index contributed by atoms with van der Waals surface area (Å²) in [5, 5.41) is 11.4. The van der Waals surface area contributed by atoms with Gasteiger partial charge >= 0.3 is 5.30 Å². The number of nitrogens with zero attached hydrogens (tertiary/aromatic N) is 3. The SMILES string of the molecule is CCCCCCCOc1nsnc1C1=CCC[N+](O)(C(CCCc2ccccc2)OC(=O)SCC)C1. The van der Waals surface area contributed by atoms with E-state index >= 15 is 0 Å². The van der Waals surface area contributed by atoms with Crippen LogP contribution in [0.1, 0.15) is 76.5 Å². The van der Waals surface area contributed by atoms with Gasteiger partial charge in [-0.05, 0) is 36.6 Å². The van der Waals surface area contributed by atoms with Crippen LogP contribution in [0.3, 0.4) is 0 Å². The molecule has 2 atom stereocenters. The molecule has 0 aliphatic carbocycles. The van der Waals surface area contributed by atoms with Crippen molar-refractivity contribution in [2.75, 3.05) is 25.4 Å². The van der Waals surface area contributed by atoms with E-state index in [0.717, 1.165) is 54.7 Å². The van der Waals surface area contributed by atoms with E-state index in [4.69, 9.17) is 9.47 Å². The van der Waals surface area contributed by atoms with E-state index in [2.05, 4.69) is 33.9 Å². The van der Waals surface area contributed by atoms with E-state index in [1.807, 2.05) is 25.1 Å². The number of hydrogen-bond donors (Lipinski definition) is 1. The number of hydroxylamine groups is 3. The third-order valence-electron chi connectivity index (χ3n) is 6.39. The van der Waals surface area contributed by atoms with E-state index in [0.29, 0.717) is 49.9 Å². The molecule has 0 saturated heterocycles. The Bertz CT molecular complexity index is 954. The molecule has 1 aliphatic heterocycles. The quantitative estimate of drug-likeness (QED) is 0.148. The molecule has 0 amide bonds. The Balaban J connectivity index is 1.64. The minimum absolute atomic E-state index is 0.304. The molecule has 9 heteroatoms. The third kappa shape index (κ3) is 8.87. The average Bonchev–Trinajstić information content (AvgIpc) is 3.35. The number of hydrogen-bond acceptors (Lipinski definition) is 8. The number of quaternary nitrogens is 1. The van der Waals surface area contributed by atoms with Crippen molar-refractivity contribution in [1.82, 2.24) is 8.75 Å². The van der Waals surface area contributed by atoms with Gasteiger partial charge < -0.3 is 9.47 Å². The molecule has 198 valence electrons. The van der Waals surface area contributed by atoms with Gasteiger partial charge in [0.05, 0.1) is 18.3 Å². The summed E-state index contributed by atoms with van der Waals surface area (Å²) in [6.07, 6.45) is 10.2. The average molecular weight is 535 g/mol. The molecule has 1 aliphatic rings. The largest absolute Gasteiger partial charge is 0.475 e. The number of unbranched alkanes of at least 4 members (excludes halogenated alkanes) is 4. The van der Waals surface area contributed by atoms with Crippen molar-refractivity contribution in [2.24, 2.45) is 0 Å². The van der Waals surface area contributed by atoms with Crippen molar-refractivity contribution >= 4 is 34.4 Å². The van der Waals surface area contributed by atoms with Crippen molar-refractivity contribution < 1.29 is 24.1 Å². The molecule has 3 rings (SSSR count). The number of aromatic nitrogens is 2. The molecule has 1 N–H and O–H groups in total. The van der Waals surface area contributed by atoms with Crippen LogP contribution < -0.4 is 4.74 Å². The summed E-state index contributed by atoms with van der Waals surface area (Å²) in [6.45, 7) is 5.52. The second-order valence-electron chi connectivity index (χ2n) is 9.20. The highest BCUT2D eigenvalue weighted by Crippen LogP contribution is 2.33. The standard InChI is InChI=1S/C27H40N3O4S2/c1-3-5-6-7-11-20-33-26-25(28-36-29-26)23-17-13-19-30(32,21-23)24(34-27(31)35-4-2)18-12-16-22-14-9-8-10-15-22/h8-10,14-15,17,24,32H,3-7,11-13,16,18-21H2,1-2H3/q+1. The number of ether oxygens (including phenoxy) is 2. The first-order chi connectivity index (χ1) is 17.6. The molecule has 0 fully saturated rings. The minimum atomic E-state index is -0.640. The molecule has 1 aromatic carbocycles. The fourth-order valence-electron chi connectivity index (χ4n) is 4.45. The molecular weight excluding hydrogens is 494 g/mol. The molecule has 36 heavy (non-hydrogen) atoms. The van der Waals surface area contributed by atoms with Gasteiger partial charge in [-0.25, -0.2) is 10.0 Å². The number of benzene rings is 1. The monoisotopic (exact) mass is 534 g/mol. The second kappa shape index (κ2) is 15.3. The van der Waals surface area contributed by atoms with Gasteiger partial charge in [0.15, 0.2) is 0 Å². The fraction of sp³-hybridized carbons (Fsp3) is 0.593. The molecule has 0 radical (unpaired) electrons. The Morgan fingerprint density at radius 1 is 1.14 bits per heavy atom. The van der Waals surface area contributed by atoms with Crippen LogP contribution in [0, 0.1) is 0 Å². The van der Waals surface area contributed by atoms with Crippen LogP contribution in [0.4, 0.5) is 4.79 Å². The fourth-order valence-corrected chi connectivity index (χ4v) is 5.40. The van der Waals surface area contributed by atoms with Crippen LogP contribution >= 0.6 is 23.5 Å². The van der Waals surface area contributed by atoms with Gasteiger partial charge in [0.25, 0.3) is 12.1 Å². The lowest BCUT2D eigenvalue weighted by Gasteiger charge is -2.38. The van der Waals surface area contributed by atoms with Crippen molar-refractivity contribution in [2.45, 2.75) is 77.9 Å². The van der Waals surface area contributed by atoms with Gasteiger partial charge in [-0.2, -0.15) is 4.37 Å². The highest BCUT2D eigenvalue weighted by Gasteiger charge is 2.42. The Morgan fingerprint density at radius 2 is 1.94 bits per heavy atom. The predicted molar refractivity (Wildman–Crippen MR) is 146 cm³/mol. The maximum absolute atomic E-state index is 12.4.